The lowest BCUT2D eigenvalue weighted by Crippen LogP contribution is -3.00. The maximum Gasteiger partial charge on any atom is 0.303 e. The quantitative estimate of drug-likeness (QED) is 0.620. The molecule has 1 heterocycles. The second kappa shape index (κ2) is 5.59. The smallest absolute Gasteiger partial charge is 0.303 e. The predicted octanol–water partition coefficient (Wildman–Crippen LogP) is -1.94. The van der Waals surface area contributed by atoms with E-state index in [4.69, 9.17) is 5.11 Å². The van der Waals surface area contributed by atoms with Gasteiger partial charge in [0.25, 0.3) is 0 Å². The molecule has 0 saturated heterocycles. The maximum absolute atomic E-state index is 10.2. The summed E-state index contributed by atoms with van der Waals surface area (Å²) in [4.78, 5) is 14.2. The Hall–Kier alpha value is -1.03. The molecular formula is C8H12ClN2O2-. The number of aryl methyl sites for hydroxylation is 2. The highest BCUT2D eigenvalue weighted by molar-refractivity contribution is 5.66. The molecule has 0 spiro atoms. The molecule has 1 rings (SSSR count). The number of aliphatic carboxylic acids is 1. The summed E-state index contributed by atoms with van der Waals surface area (Å²) in [6.07, 6.45) is 4.46. The van der Waals surface area contributed by atoms with Gasteiger partial charge in [-0.15, -0.1) is 0 Å². The van der Waals surface area contributed by atoms with Gasteiger partial charge in [-0.25, -0.2) is 4.98 Å². The fourth-order valence-corrected chi connectivity index (χ4v) is 1.04. The van der Waals surface area contributed by atoms with Crippen molar-refractivity contribution in [2.75, 3.05) is 0 Å². The Bertz CT molecular complexity index is 273. The Morgan fingerprint density at radius 3 is 2.85 bits per heavy atom. The first kappa shape index (κ1) is 12.0. The van der Waals surface area contributed by atoms with Crippen LogP contribution in [0.5, 0.6) is 0 Å². The van der Waals surface area contributed by atoms with E-state index in [1.165, 1.54) is 0 Å². The zero-order chi connectivity index (χ0) is 8.97. The van der Waals surface area contributed by atoms with Gasteiger partial charge < -0.3 is 22.1 Å². The molecule has 0 atom stereocenters. The fourth-order valence-electron chi connectivity index (χ4n) is 1.04. The van der Waals surface area contributed by atoms with Gasteiger partial charge >= 0.3 is 5.97 Å². The highest BCUT2D eigenvalue weighted by Gasteiger charge is 1.99. The van der Waals surface area contributed by atoms with Gasteiger partial charge in [0.15, 0.2) is 0 Å². The van der Waals surface area contributed by atoms with Gasteiger partial charge in [-0.2, -0.15) is 0 Å². The summed E-state index contributed by atoms with van der Waals surface area (Å²) >= 11 is 0. The van der Waals surface area contributed by atoms with Crippen LogP contribution in [0.3, 0.4) is 0 Å². The number of carbonyl (C=O) groups is 1. The molecule has 1 aromatic heterocycles. The fraction of sp³-hybridized carbons (Fsp3) is 0.500. The number of imidazole rings is 1. The molecule has 0 aliphatic carbocycles. The molecule has 0 bridgehead atoms. The lowest BCUT2D eigenvalue weighted by Gasteiger charge is -2.01. The van der Waals surface area contributed by atoms with Crippen molar-refractivity contribution < 1.29 is 22.3 Å². The molecule has 0 saturated carbocycles. The largest absolute Gasteiger partial charge is 1.00 e. The molecule has 0 radical (unpaired) electrons. The van der Waals surface area contributed by atoms with Crippen molar-refractivity contribution in [2.45, 2.75) is 26.3 Å². The van der Waals surface area contributed by atoms with Crippen molar-refractivity contribution >= 4 is 5.97 Å². The number of carboxylic acid groups (broad SMARTS) is 1. The van der Waals surface area contributed by atoms with Crippen LogP contribution in [0.25, 0.3) is 0 Å². The summed E-state index contributed by atoms with van der Waals surface area (Å²) in [5.74, 6) is 0.188. The third kappa shape index (κ3) is 3.94. The normalized spacial score (nSPS) is 9.31. The molecule has 5 heteroatoms. The first-order valence-electron chi connectivity index (χ1n) is 3.89. The Morgan fingerprint density at radius 1 is 1.69 bits per heavy atom. The second-order valence-electron chi connectivity index (χ2n) is 2.67. The van der Waals surface area contributed by atoms with Crippen molar-refractivity contribution in [3.8, 4) is 0 Å². The molecule has 1 aromatic rings. The van der Waals surface area contributed by atoms with E-state index in [1.54, 1.807) is 6.20 Å². The monoisotopic (exact) mass is 203 g/mol. The van der Waals surface area contributed by atoms with Crippen LogP contribution in [-0.2, 0) is 11.3 Å². The highest BCUT2D eigenvalue weighted by Crippen LogP contribution is 1.99. The molecule has 0 aromatic carbocycles. The van der Waals surface area contributed by atoms with Crippen molar-refractivity contribution in [1.82, 2.24) is 9.55 Å². The Labute approximate surface area is 83.0 Å². The molecule has 1 N–H and O–H groups in total. The van der Waals surface area contributed by atoms with Gasteiger partial charge in [0.05, 0.1) is 0 Å². The third-order valence-corrected chi connectivity index (χ3v) is 1.71. The van der Waals surface area contributed by atoms with E-state index in [0.717, 1.165) is 12.4 Å². The van der Waals surface area contributed by atoms with Gasteiger partial charge in [-0.1, -0.05) is 0 Å². The van der Waals surface area contributed by atoms with Gasteiger partial charge in [0, 0.05) is 25.4 Å². The average molecular weight is 204 g/mol. The molecule has 0 amide bonds. The molecule has 0 aliphatic heterocycles. The summed E-state index contributed by atoms with van der Waals surface area (Å²) in [5, 5.41) is 8.39. The first-order chi connectivity index (χ1) is 5.70. The number of rotatable bonds is 4. The minimum Gasteiger partial charge on any atom is -1.00 e. The van der Waals surface area contributed by atoms with Crippen LogP contribution >= 0.6 is 0 Å². The average Bonchev–Trinajstić information content (AvgIpc) is 2.36. The van der Waals surface area contributed by atoms with Crippen molar-refractivity contribution in [3.05, 3.63) is 18.2 Å². The van der Waals surface area contributed by atoms with E-state index in [0.29, 0.717) is 6.42 Å². The molecule has 13 heavy (non-hydrogen) atoms. The van der Waals surface area contributed by atoms with Crippen molar-refractivity contribution in [3.63, 3.8) is 0 Å². The van der Waals surface area contributed by atoms with Crippen LogP contribution in [0.1, 0.15) is 18.7 Å². The molecule has 74 valence electrons. The number of hydrogen-bond acceptors (Lipinski definition) is 2. The minimum absolute atomic E-state index is 0. The van der Waals surface area contributed by atoms with Crippen LogP contribution in [0.2, 0.25) is 0 Å². The summed E-state index contributed by atoms with van der Waals surface area (Å²) in [5.41, 5.74) is 0. The third-order valence-electron chi connectivity index (χ3n) is 1.71. The Balaban J connectivity index is 0.00000144. The number of hydrogen-bond donors (Lipinski definition) is 1. The topological polar surface area (TPSA) is 55.1 Å². The SMILES string of the molecule is Cc1nccn1CCCC(=O)O.[Cl-]. The number of halogens is 1. The van der Waals surface area contributed by atoms with E-state index in [1.807, 2.05) is 17.7 Å². The van der Waals surface area contributed by atoms with Gasteiger partial charge in [0.2, 0.25) is 0 Å². The van der Waals surface area contributed by atoms with Crippen LogP contribution in [-0.4, -0.2) is 20.6 Å². The molecule has 0 unspecified atom stereocenters. The Kier molecular flexibility index (Phi) is 5.14. The predicted molar refractivity (Wildman–Crippen MR) is 43.8 cm³/mol. The standard InChI is InChI=1S/C8H12N2O2.ClH/c1-7-9-4-6-10(7)5-2-3-8(11)12;/h4,6H,2-3,5H2,1H3,(H,11,12);1H/p-1. The highest BCUT2D eigenvalue weighted by atomic mass is 35.5. The van der Waals surface area contributed by atoms with Crippen LogP contribution in [0.15, 0.2) is 12.4 Å². The lowest BCUT2D eigenvalue weighted by molar-refractivity contribution is -0.137. The summed E-state index contributed by atoms with van der Waals surface area (Å²) in [6, 6.07) is 0. The zero-order valence-corrected chi connectivity index (χ0v) is 8.16. The van der Waals surface area contributed by atoms with Gasteiger partial charge in [-0.3, -0.25) is 4.79 Å². The van der Waals surface area contributed by atoms with Crippen LogP contribution in [0.4, 0.5) is 0 Å². The zero-order valence-electron chi connectivity index (χ0n) is 7.40. The molecule has 4 nitrogen and oxygen atoms in total. The maximum atomic E-state index is 10.2. The van der Waals surface area contributed by atoms with Gasteiger partial charge in [0.1, 0.15) is 5.82 Å². The van der Waals surface area contributed by atoms with Gasteiger partial charge in [-0.05, 0) is 13.3 Å². The Morgan fingerprint density at radius 2 is 2.38 bits per heavy atom. The van der Waals surface area contributed by atoms with Crippen LogP contribution < -0.4 is 12.4 Å². The van der Waals surface area contributed by atoms with Crippen molar-refractivity contribution in [1.29, 1.82) is 0 Å². The number of aromatic nitrogens is 2. The van der Waals surface area contributed by atoms with Crippen molar-refractivity contribution in [2.24, 2.45) is 0 Å². The van der Waals surface area contributed by atoms with Crippen LogP contribution in [0, 0.1) is 6.92 Å². The van der Waals surface area contributed by atoms with E-state index >= 15 is 0 Å². The second-order valence-corrected chi connectivity index (χ2v) is 2.67. The van der Waals surface area contributed by atoms with E-state index in [9.17, 15) is 4.79 Å². The van der Waals surface area contributed by atoms with E-state index in [2.05, 4.69) is 4.98 Å². The van der Waals surface area contributed by atoms with E-state index < -0.39 is 5.97 Å². The van der Waals surface area contributed by atoms with E-state index in [-0.39, 0.29) is 18.8 Å². The minimum atomic E-state index is -0.743. The molecule has 0 aliphatic rings. The molecular weight excluding hydrogens is 192 g/mol. The summed E-state index contributed by atoms with van der Waals surface area (Å²) in [6.45, 7) is 2.64. The number of nitrogens with zero attached hydrogens (tertiary/aromatic N) is 2. The number of carboxylic acids is 1. The first-order valence-corrected chi connectivity index (χ1v) is 3.89. The molecule has 0 fully saturated rings. The lowest BCUT2D eigenvalue weighted by atomic mass is 10.3. The summed E-state index contributed by atoms with van der Waals surface area (Å²) < 4.78 is 1.95. The summed E-state index contributed by atoms with van der Waals surface area (Å²) in [7, 11) is 0.